The number of rotatable bonds is 46. The molecule has 0 saturated carbocycles. The third kappa shape index (κ3) is 26.4. The highest BCUT2D eigenvalue weighted by molar-refractivity contribution is 6.00. The predicted octanol–water partition coefficient (Wildman–Crippen LogP) is 14.4. The summed E-state index contributed by atoms with van der Waals surface area (Å²) in [5, 5.41) is 0. The minimum Gasteiger partial charge on any atom is -0.489 e. The van der Waals surface area contributed by atoms with E-state index < -0.39 is 43.1 Å². The minimum atomic E-state index is -0.748. The minimum absolute atomic E-state index is 0.0824. The van der Waals surface area contributed by atoms with Crippen LogP contribution in [0.4, 0.5) is 0 Å². The molecular formula is C78H100O19. The summed E-state index contributed by atoms with van der Waals surface area (Å²) in [7, 11) is 0. The van der Waals surface area contributed by atoms with E-state index in [0.29, 0.717) is 92.4 Å². The summed E-state index contributed by atoms with van der Waals surface area (Å²) >= 11 is 0. The lowest BCUT2D eigenvalue weighted by atomic mass is 9.86. The van der Waals surface area contributed by atoms with Crippen LogP contribution < -0.4 is 18.9 Å². The average Bonchev–Trinajstić information content (AvgIpc) is 0.773. The van der Waals surface area contributed by atoms with Crippen molar-refractivity contribution in [3.05, 3.63) is 128 Å². The summed E-state index contributed by atoms with van der Waals surface area (Å²) < 4.78 is 49.3. The molecule has 97 heavy (non-hydrogen) atoms. The Balaban J connectivity index is 2.01. The second-order valence-corrected chi connectivity index (χ2v) is 24.4. The zero-order valence-corrected chi connectivity index (χ0v) is 58.2. The number of esters is 4. The molecule has 4 aromatic carbocycles. The monoisotopic (exact) mass is 1340 g/mol. The number of fused-ring (bicyclic) bond motifs is 8. The van der Waals surface area contributed by atoms with E-state index in [2.05, 4.69) is 6.58 Å². The van der Waals surface area contributed by atoms with Crippen molar-refractivity contribution in [3.8, 4) is 23.0 Å². The largest absolute Gasteiger partial charge is 0.489 e. The Kier molecular flexibility index (Phi) is 34.9. The third-order valence-corrected chi connectivity index (χ3v) is 16.5. The van der Waals surface area contributed by atoms with Gasteiger partial charge in [0.2, 0.25) is 0 Å². The quantitative estimate of drug-likeness (QED) is 0.00875. The van der Waals surface area contributed by atoms with Crippen LogP contribution in [0.2, 0.25) is 0 Å². The SMILES string of the molecule is C=CC(=O)OCCOc1c2cc(C(=O)CCCCC)cc1Cc1cc(C(=O)CCCCC)cc(c1OCCOC(=O)CC(=O)CC)Cc1cc(C(=O)CCCCC)cc(c1OCCOC(=O)CC(=O)CC)Cc1cc(C(=O)CCCCC)cc(c1OCCOC(=O)CC(=O)CC)C2. The molecule has 0 heterocycles. The first kappa shape index (κ1) is 79.1. The highest BCUT2D eigenvalue weighted by Crippen LogP contribution is 2.42. The fourth-order valence-corrected chi connectivity index (χ4v) is 11.2. The van der Waals surface area contributed by atoms with Gasteiger partial charge in [-0.2, -0.15) is 0 Å². The van der Waals surface area contributed by atoms with Crippen LogP contribution in [0, 0.1) is 0 Å². The molecule has 0 aliphatic heterocycles. The molecule has 0 saturated heterocycles. The number of ether oxygens (including phenoxy) is 8. The topological polar surface area (TPSA) is 262 Å². The normalized spacial score (nSPS) is 11.6. The molecule has 0 N–H and O–H groups in total. The van der Waals surface area contributed by atoms with Gasteiger partial charge in [0.15, 0.2) is 23.1 Å². The van der Waals surface area contributed by atoms with Crippen molar-refractivity contribution < 1.29 is 90.6 Å². The Morgan fingerprint density at radius 3 is 0.732 bits per heavy atom. The second kappa shape index (κ2) is 42.8. The zero-order chi connectivity index (χ0) is 70.7. The lowest BCUT2D eigenvalue weighted by Crippen LogP contribution is -2.18. The number of hydrogen-bond donors (Lipinski definition) is 0. The molecule has 8 bridgehead atoms. The molecule has 526 valence electrons. The smallest absolute Gasteiger partial charge is 0.330 e. The summed E-state index contributed by atoms with van der Waals surface area (Å²) in [6, 6.07) is 13.9. The number of ketones is 7. The molecule has 0 radical (unpaired) electrons. The van der Waals surface area contributed by atoms with Crippen molar-refractivity contribution in [3.63, 3.8) is 0 Å². The maximum atomic E-state index is 14.8. The summed E-state index contributed by atoms with van der Waals surface area (Å²) in [5.74, 6) is -3.56. The van der Waals surface area contributed by atoms with Crippen molar-refractivity contribution in [1.29, 1.82) is 0 Å². The third-order valence-electron chi connectivity index (χ3n) is 16.5. The van der Waals surface area contributed by atoms with Crippen molar-refractivity contribution in [2.75, 3.05) is 52.9 Å². The molecule has 1 aliphatic rings. The summed E-state index contributed by atoms with van der Waals surface area (Å²) in [4.78, 5) is 148. The summed E-state index contributed by atoms with van der Waals surface area (Å²) in [6.45, 7) is 14.6. The van der Waals surface area contributed by atoms with Crippen LogP contribution >= 0.6 is 0 Å². The van der Waals surface area contributed by atoms with Gasteiger partial charge in [0, 0.05) is 99.0 Å². The molecule has 19 heteroatoms. The highest BCUT2D eigenvalue weighted by atomic mass is 16.6. The van der Waals surface area contributed by atoms with Crippen LogP contribution in [0.1, 0.15) is 276 Å². The molecular weight excluding hydrogens is 1240 g/mol. The van der Waals surface area contributed by atoms with E-state index in [1.165, 1.54) is 0 Å². The van der Waals surface area contributed by atoms with Crippen LogP contribution in [0.15, 0.2) is 61.2 Å². The van der Waals surface area contributed by atoms with Gasteiger partial charge in [0.05, 0.1) is 0 Å². The van der Waals surface area contributed by atoms with Crippen LogP contribution in [-0.2, 0) is 78.2 Å². The number of hydrogen-bond acceptors (Lipinski definition) is 19. The number of carbonyl (C=O) groups excluding carboxylic acids is 11. The van der Waals surface area contributed by atoms with Gasteiger partial charge in [-0.1, -0.05) is 106 Å². The lowest BCUT2D eigenvalue weighted by Gasteiger charge is -2.25. The van der Waals surface area contributed by atoms with Crippen LogP contribution in [-0.4, -0.2) is 117 Å². The van der Waals surface area contributed by atoms with E-state index in [-0.39, 0.29) is 187 Å². The number of Topliss-reactive ketones (excluding diaryl/α,β-unsaturated/α-hetero) is 7. The first-order valence-corrected chi connectivity index (χ1v) is 34.9. The van der Waals surface area contributed by atoms with Crippen molar-refractivity contribution >= 4 is 64.4 Å². The van der Waals surface area contributed by atoms with Gasteiger partial charge in [-0.05, 0) is 119 Å². The molecule has 5 rings (SSSR count). The van der Waals surface area contributed by atoms with Gasteiger partial charge in [-0.3, -0.25) is 47.9 Å². The maximum absolute atomic E-state index is 14.8. The molecule has 0 amide bonds. The fourth-order valence-electron chi connectivity index (χ4n) is 11.2. The first-order valence-electron chi connectivity index (χ1n) is 34.9. The Morgan fingerprint density at radius 1 is 0.320 bits per heavy atom. The van der Waals surface area contributed by atoms with Gasteiger partial charge in [-0.15, -0.1) is 0 Å². The lowest BCUT2D eigenvalue weighted by molar-refractivity contribution is -0.148. The molecule has 0 fully saturated rings. The second-order valence-electron chi connectivity index (χ2n) is 24.4. The Bertz CT molecular complexity index is 3240. The molecule has 4 aromatic rings. The number of carbonyl (C=O) groups is 11. The van der Waals surface area contributed by atoms with Gasteiger partial charge in [0.1, 0.15) is 112 Å². The van der Waals surface area contributed by atoms with Crippen LogP contribution in [0.5, 0.6) is 23.0 Å². The summed E-state index contributed by atoms with van der Waals surface area (Å²) in [5.41, 5.74) is 4.76. The molecule has 0 spiro atoms. The fraction of sp³-hybridized carbons (Fsp3) is 0.526. The average molecular weight is 1340 g/mol. The summed E-state index contributed by atoms with van der Waals surface area (Å²) in [6.07, 6.45) is 9.40. The Hall–Kier alpha value is -8.61. The van der Waals surface area contributed by atoms with E-state index in [0.717, 1.165) is 57.4 Å². The Morgan fingerprint density at radius 2 is 0.536 bits per heavy atom. The Labute approximate surface area is 571 Å². The molecule has 1 aliphatic carbocycles. The first-order chi connectivity index (χ1) is 46.8. The number of unbranched alkanes of at least 4 members (excludes halogenated alkanes) is 8. The van der Waals surface area contributed by atoms with Crippen LogP contribution in [0.3, 0.4) is 0 Å². The van der Waals surface area contributed by atoms with Gasteiger partial charge >= 0.3 is 23.9 Å². The van der Waals surface area contributed by atoms with Crippen LogP contribution in [0.25, 0.3) is 0 Å². The van der Waals surface area contributed by atoms with Gasteiger partial charge in [0.25, 0.3) is 0 Å². The van der Waals surface area contributed by atoms with Gasteiger partial charge in [-0.25, -0.2) is 4.79 Å². The zero-order valence-electron chi connectivity index (χ0n) is 58.2. The van der Waals surface area contributed by atoms with Crippen molar-refractivity contribution in [2.24, 2.45) is 0 Å². The van der Waals surface area contributed by atoms with Gasteiger partial charge < -0.3 is 37.9 Å². The van der Waals surface area contributed by atoms with E-state index in [9.17, 15) is 52.7 Å². The molecule has 0 aromatic heterocycles. The molecule has 0 atom stereocenters. The van der Waals surface area contributed by atoms with E-state index in [1.807, 2.05) is 27.7 Å². The van der Waals surface area contributed by atoms with E-state index in [4.69, 9.17) is 37.9 Å². The molecule has 0 unspecified atom stereocenters. The molecule has 19 nitrogen and oxygen atoms in total. The maximum Gasteiger partial charge on any atom is 0.330 e. The highest BCUT2D eigenvalue weighted by Gasteiger charge is 2.28. The predicted molar refractivity (Wildman–Crippen MR) is 367 cm³/mol. The van der Waals surface area contributed by atoms with Crippen molar-refractivity contribution in [1.82, 2.24) is 0 Å². The van der Waals surface area contributed by atoms with E-state index in [1.54, 1.807) is 69.3 Å². The van der Waals surface area contributed by atoms with E-state index >= 15 is 0 Å². The standard InChI is InChI=1S/C78H100O19/c1-9-17-21-25-67(82)52-37-56-45-58-39-53(68(83)26-22-18-10-2)41-60(76(58)95-34-30-91-72(87)49-64(79)13-5)47-62-43-55(70(85)28-24-20-12-4)44-63(78(62)97-36-32-93-74(89)51-66(81)15-7)48-61-42-54(69(84)27-23-19-11-3)40-59(77(61)96-35-31-92-73(88)50-65(80)14-6)46-57(38-52)75(56)94-33-29-90-71(86)16-8/h16,37-44H,8-15,17-36,45-51H2,1-7H3. The number of benzene rings is 4. The van der Waals surface area contributed by atoms with Crippen molar-refractivity contribution in [2.45, 2.75) is 215 Å².